The number of hydrogen-bond acceptors (Lipinski definition) is 4. The van der Waals surface area contributed by atoms with Crippen molar-refractivity contribution in [2.45, 2.75) is 13.5 Å². The zero-order valence-electron chi connectivity index (χ0n) is 13.3. The van der Waals surface area contributed by atoms with Gasteiger partial charge in [-0.3, -0.25) is 4.79 Å². The molecule has 0 radical (unpaired) electrons. The van der Waals surface area contributed by atoms with E-state index in [1.54, 1.807) is 13.3 Å². The van der Waals surface area contributed by atoms with Gasteiger partial charge < -0.3 is 14.9 Å². The summed E-state index contributed by atoms with van der Waals surface area (Å²) in [6.45, 7) is 2.34. The van der Waals surface area contributed by atoms with Crippen LogP contribution in [0.3, 0.4) is 0 Å². The lowest BCUT2D eigenvalue weighted by Crippen LogP contribution is -2.26. The summed E-state index contributed by atoms with van der Waals surface area (Å²) in [7, 11) is 1.62. The number of nitrogens with zero attached hydrogens (tertiary/aromatic N) is 1. The lowest BCUT2D eigenvalue weighted by molar-refractivity contribution is -0.125. The Morgan fingerprint density at radius 2 is 1.83 bits per heavy atom. The van der Waals surface area contributed by atoms with Gasteiger partial charge in [-0.2, -0.15) is 0 Å². The molecule has 1 amide bonds. The first-order chi connectivity index (χ1) is 11.2. The summed E-state index contributed by atoms with van der Waals surface area (Å²) in [5.41, 5.74) is 3.09. The highest BCUT2D eigenvalue weighted by molar-refractivity contribution is 5.79. The molecule has 0 unspecified atom stereocenters. The number of amides is 1. The summed E-state index contributed by atoms with van der Waals surface area (Å²) in [6.07, 6.45) is 1.58. The minimum Gasteiger partial charge on any atom is -0.497 e. The van der Waals surface area contributed by atoms with Crippen LogP contribution in [0.2, 0.25) is 0 Å². The van der Waals surface area contributed by atoms with Crippen LogP contribution >= 0.6 is 0 Å². The molecule has 2 aromatic carbocycles. The lowest BCUT2D eigenvalue weighted by Gasteiger charge is -2.05. The van der Waals surface area contributed by atoms with Gasteiger partial charge >= 0.3 is 0 Å². The Kier molecular flexibility index (Phi) is 6.17. The van der Waals surface area contributed by atoms with E-state index in [1.165, 1.54) is 5.56 Å². The third-order valence-corrected chi connectivity index (χ3v) is 3.20. The molecule has 2 rings (SSSR count). The maximum atomic E-state index is 11.7. The average molecular weight is 312 g/mol. The van der Waals surface area contributed by atoms with Gasteiger partial charge in [0.05, 0.1) is 13.3 Å². The second-order valence-electron chi connectivity index (χ2n) is 5.04. The Labute approximate surface area is 135 Å². The fourth-order valence-electron chi connectivity index (χ4n) is 1.84. The second-order valence-corrected chi connectivity index (χ2v) is 5.04. The topological polar surface area (TPSA) is 59.9 Å². The van der Waals surface area contributed by atoms with E-state index >= 15 is 0 Å². The molecule has 0 heterocycles. The number of methoxy groups -OCH3 is 1. The van der Waals surface area contributed by atoms with Crippen molar-refractivity contribution in [1.82, 2.24) is 5.32 Å². The van der Waals surface area contributed by atoms with Crippen LogP contribution in [0.15, 0.2) is 53.7 Å². The predicted molar refractivity (Wildman–Crippen MR) is 89.6 cm³/mol. The van der Waals surface area contributed by atoms with Crippen LogP contribution in [0, 0.1) is 6.92 Å². The van der Waals surface area contributed by atoms with Crippen molar-refractivity contribution in [3.8, 4) is 5.75 Å². The van der Waals surface area contributed by atoms with Crippen LogP contribution in [-0.4, -0.2) is 25.8 Å². The van der Waals surface area contributed by atoms with Crippen LogP contribution in [-0.2, 0) is 16.2 Å². The lowest BCUT2D eigenvalue weighted by atomic mass is 10.2. The van der Waals surface area contributed by atoms with E-state index in [9.17, 15) is 4.79 Å². The average Bonchev–Trinajstić information content (AvgIpc) is 2.59. The van der Waals surface area contributed by atoms with E-state index in [2.05, 4.69) is 10.5 Å². The summed E-state index contributed by atoms with van der Waals surface area (Å²) in [4.78, 5) is 16.7. The van der Waals surface area contributed by atoms with E-state index in [0.29, 0.717) is 6.54 Å². The van der Waals surface area contributed by atoms with Crippen molar-refractivity contribution in [2.75, 3.05) is 13.7 Å². The molecular formula is C18H20N2O3. The number of hydrogen-bond donors (Lipinski definition) is 1. The normalized spacial score (nSPS) is 10.5. The number of carbonyl (C=O) groups excluding carboxylic acids is 1. The molecule has 2 aromatic rings. The number of rotatable bonds is 7. The molecule has 23 heavy (non-hydrogen) atoms. The minimum atomic E-state index is -0.220. The van der Waals surface area contributed by atoms with Gasteiger partial charge in [0.1, 0.15) is 5.75 Å². The van der Waals surface area contributed by atoms with Crippen molar-refractivity contribution in [1.29, 1.82) is 0 Å². The first-order valence-corrected chi connectivity index (χ1v) is 7.29. The van der Waals surface area contributed by atoms with Crippen molar-refractivity contribution >= 4 is 12.1 Å². The van der Waals surface area contributed by atoms with Gasteiger partial charge in [0.15, 0.2) is 6.61 Å². The number of ether oxygens (including phenoxy) is 1. The van der Waals surface area contributed by atoms with E-state index in [-0.39, 0.29) is 12.5 Å². The number of nitrogens with one attached hydrogen (secondary N) is 1. The molecule has 0 aliphatic heterocycles. The van der Waals surface area contributed by atoms with Gasteiger partial charge in [0, 0.05) is 6.54 Å². The first-order valence-electron chi connectivity index (χ1n) is 7.29. The summed E-state index contributed by atoms with van der Waals surface area (Å²) >= 11 is 0. The fraction of sp³-hybridized carbons (Fsp3) is 0.222. The molecule has 120 valence electrons. The molecule has 0 saturated heterocycles. The Morgan fingerprint density at radius 3 is 2.48 bits per heavy atom. The maximum absolute atomic E-state index is 11.7. The van der Waals surface area contributed by atoms with Crippen molar-refractivity contribution < 1.29 is 14.4 Å². The highest BCUT2D eigenvalue weighted by Gasteiger charge is 2.01. The zero-order valence-corrected chi connectivity index (χ0v) is 13.3. The fourth-order valence-corrected chi connectivity index (χ4v) is 1.84. The third-order valence-electron chi connectivity index (χ3n) is 3.20. The Hall–Kier alpha value is -2.82. The highest BCUT2D eigenvalue weighted by Crippen LogP contribution is 2.10. The molecule has 0 aliphatic carbocycles. The zero-order chi connectivity index (χ0) is 16.5. The van der Waals surface area contributed by atoms with Crippen LogP contribution < -0.4 is 10.1 Å². The minimum absolute atomic E-state index is 0.113. The van der Waals surface area contributed by atoms with Crippen molar-refractivity contribution in [2.24, 2.45) is 5.16 Å². The maximum Gasteiger partial charge on any atom is 0.261 e. The third kappa shape index (κ3) is 5.82. The number of benzene rings is 2. The molecular weight excluding hydrogens is 292 g/mol. The highest BCUT2D eigenvalue weighted by atomic mass is 16.6. The van der Waals surface area contributed by atoms with Gasteiger partial charge in [-0.25, -0.2) is 0 Å². The van der Waals surface area contributed by atoms with Crippen LogP contribution in [0.4, 0.5) is 0 Å². The van der Waals surface area contributed by atoms with E-state index in [0.717, 1.165) is 16.9 Å². The summed E-state index contributed by atoms with van der Waals surface area (Å²) in [5.74, 6) is 0.565. The van der Waals surface area contributed by atoms with Crippen LogP contribution in [0.5, 0.6) is 5.75 Å². The quantitative estimate of drug-likeness (QED) is 0.631. The van der Waals surface area contributed by atoms with Crippen LogP contribution in [0.1, 0.15) is 16.7 Å². The molecule has 5 heteroatoms. The number of oxime groups is 1. The monoisotopic (exact) mass is 312 g/mol. The van der Waals surface area contributed by atoms with E-state index in [4.69, 9.17) is 9.57 Å². The summed E-state index contributed by atoms with van der Waals surface area (Å²) in [5, 5.41) is 6.55. The van der Waals surface area contributed by atoms with E-state index in [1.807, 2.05) is 55.5 Å². The summed E-state index contributed by atoms with van der Waals surface area (Å²) in [6, 6.07) is 15.3. The first kappa shape index (κ1) is 16.5. The second kappa shape index (κ2) is 8.58. The van der Waals surface area contributed by atoms with Crippen molar-refractivity contribution in [3.63, 3.8) is 0 Å². The molecule has 0 aromatic heterocycles. The molecule has 0 spiro atoms. The number of aryl methyl sites for hydroxylation is 1. The van der Waals surface area contributed by atoms with E-state index < -0.39 is 0 Å². The van der Waals surface area contributed by atoms with Gasteiger partial charge in [-0.15, -0.1) is 0 Å². The number of carbonyl (C=O) groups is 1. The SMILES string of the molecule is COc1ccc(CNC(=O)CO/N=C\c2ccc(C)cc2)cc1. The van der Waals surface area contributed by atoms with Gasteiger partial charge in [0.25, 0.3) is 5.91 Å². The molecule has 0 bridgehead atoms. The van der Waals surface area contributed by atoms with Gasteiger partial charge in [-0.05, 0) is 30.2 Å². The predicted octanol–water partition coefficient (Wildman–Crippen LogP) is 2.67. The molecule has 1 N–H and O–H groups in total. The molecule has 0 fully saturated rings. The van der Waals surface area contributed by atoms with Gasteiger partial charge in [-0.1, -0.05) is 47.1 Å². The molecule has 0 saturated carbocycles. The summed E-state index contributed by atoms with van der Waals surface area (Å²) < 4.78 is 5.08. The molecule has 0 atom stereocenters. The Balaban J connectivity index is 1.69. The van der Waals surface area contributed by atoms with Gasteiger partial charge in [0.2, 0.25) is 0 Å². The largest absolute Gasteiger partial charge is 0.497 e. The van der Waals surface area contributed by atoms with Crippen molar-refractivity contribution in [3.05, 3.63) is 65.2 Å². The standard InChI is InChI=1S/C18H20N2O3/c1-14-3-5-16(6-4-14)12-20-23-13-18(21)19-11-15-7-9-17(22-2)10-8-15/h3-10,12H,11,13H2,1-2H3,(H,19,21)/b20-12-. The smallest absolute Gasteiger partial charge is 0.261 e. The Morgan fingerprint density at radius 1 is 1.13 bits per heavy atom. The molecule has 5 nitrogen and oxygen atoms in total. The Bertz CT molecular complexity index is 649. The van der Waals surface area contributed by atoms with Crippen LogP contribution in [0.25, 0.3) is 0 Å². The molecule has 0 aliphatic rings.